The van der Waals surface area contributed by atoms with Gasteiger partial charge in [0.1, 0.15) is 5.82 Å². The molecule has 0 spiro atoms. The summed E-state index contributed by atoms with van der Waals surface area (Å²) in [5, 5.41) is 0. The first-order chi connectivity index (χ1) is 8.68. The zero-order valence-corrected chi connectivity index (χ0v) is 10.9. The molecule has 0 N–H and O–H groups in total. The Kier molecular flexibility index (Phi) is 4.34. The minimum absolute atomic E-state index is 0.158. The SMILES string of the molecule is Cc1ccc(C(=O)N2CCCCCCC2)c(F)c1. The average Bonchev–Trinajstić information content (AvgIpc) is 2.27. The largest absolute Gasteiger partial charge is 0.339 e. The molecule has 0 atom stereocenters. The zero-order valence-electron chi connectivity index (χ0n) is 10.9. The topological polar surface area (TPSA) is 20.3 Å². The fourth-order valence-corrected chi connectivity index (χ4v) is 2.41. The number of carbonyl (C=O) groups is 1. The Morgan fingerprint density at radius 1 is 1.11 bits per heavy atom. The number of rotatable bonds is 1. The molecular formula is C15H20FNO. The summed E-state index contributed by atoms with van der Waals surface area (Å²) in [6.45, 7) is 3.34. The van der Waals surface area contributed by atoms with Crippen molar-refractivity contribution in [3.05, 3.63) is 35.1 Å². The first-order valence-electron chi connectivity index (χ1n) is 6.74. The average molecular weight is 249 g/mol. The highest BCUT2D eigenvalue weighted by Crippen LogP contribution is 2.16. The molecule has 1 aliphatic heterocycles. The van der Waals surface area contributed by atoms with Gasteiger partial charge in [0.05, 0.1) is 5.56 Å². The van der Waals surface area contributed by atoms with Crippen LogP contribution in [0.5, 0.6) is 0 Å². The van der Waals surface area contributed by atoms with Crippen molar-refractivity contribution in [3.8, 4) is 0 Å². The predicted octanol–water partition coefficient (Wildman–Crippen LogP) is 3.54. The summed E-state index contributed by atoms with van der Waals surface area (Å²) < 4.78 is 13.8. The molecule has 0 unspecified atom stereocenters. The molecule has 1 aromatic carbocycles. The maximum Gasteiger partial charge on any atom is 0.256 e. The first kappa shape index (κ1) is 13.1. The number of hydrogen-bond donors (Lipinski definition) is 0. The molecule has 1 amide bonds. The third kappa shape index (κ3) is 3.09. The van der Waals surface area contributed by atoms with Gasteiger partial charge in [-0.1, -0.05) is 25.3 Å². The molecule has 1 aliphatic rings. The molecular weight excluding hydrogens is 229 g/mol. The summed E-state index contributed by atoms with van der Waals surface area (Å²) in [5.74, 6) is -0.559. The van der Waals surface area contributed by atoms with E-state index in [-0.39, 0.29) is 11.5 Å². The number of amides is 1. The van der Waals surface area contributed by atoms with Crippen molar-refractivity contribution in [3.63, 3.8) is 0 Å². The van der Waals surface area contributed by atoms with E-state index in [9.17, 15) is 9.18 Å². The Hall–Kier alpha value is -1.38. The monoisotopic (exact) mass is 249 g/mol. The second-order valence-corrected chi connectivity index (χ2v) is 5.04. The maximum atomic E-state index is 13.8. The van der Waals surface area contributed by atoms with E-state index < -0.39 is 5.82 Å². The van der Waals surface area contributed by atoms with E-state index in [2.05, 4.69) is 0 Å². The van der Waals surface area contributed by atoms with Gasteiger partial charge in [-0.2, -0.15) is 0 Å². The van der Waals surface area contributed by atoms with Gasteiger partial charge in [0.2, 0.25) is 0 Å². The van der Waals surface area contributed by atoms with Gasteiger partial charge >= 0.3 is 0 Å². The van der Waals surface area contributed by atoms with Crippen LogP contribution in [-0.4, -0.2) is 23.9 Å². The van der Waals surface area contributed by atoms with E-state index in [4.69, 9.17) is 0 Å². The highest BCUT2D eigenvalue weighted by Gasteiger charge is 2.19. The predicted molar refractivity (Wildman–Crippen MR) is 70.1 cm³/mol. The van der Waals surface area contributed by atoms with Crippen LogP contribution >= 0.6 is 0 Å². The lowest BCUT2D eigenvalue weighted by Gasteiger charge is -2.25. The molecule has 1 heterocycles. The van der Waals surface area contributed by atoms with Crippen molar-refractivity contribution >= 4 is 5.91 Å². The molecule has 0 bridgehead atoms. The molecule has 0 radical (unpaired) electrons. The number of nitrogens with zero attached hydrogens (tertiary/aromatic N) is 1. The van der Waals surface area contributed by atoms with Gasteiger partial charge in [-0.25, -0.2) is 4.39 Å². The lowest BCUT2D eigenvalue weighted by Crippen LogP contribution is -2.34. The van der Waals surface area contributed by atoms with E-state index in [1.54, 1.807) is 17.0 Å². The van der Waals surface area contributed by atoms with Crippen LogP contribution in [0.4, 0.5) is 4.39 Å². The summed E-state index contributed by atoms with van der Waals surface area (Å²) in [6.07, 6.45) is 5.64. The zero-order chi connectivity index (χ0) is 13.0. The van der Waals surface area contributed by atoms with Crippen LogP contribution in [0.1, 0.15) is 48.0 Å². The van der Waals surface area contributed by atoms with Gasteiger partial charge in [0.25, 0.3) is 5.91 Å². The number of aryl methyl sites for hydroxylation is 1. The van der Waals surface area contributed by atoms with E-state index in [0.29, 0.717) is 0 Å². The van der Waals surface area contributed by atoms with Crippen LogP contribution in [0.15, 0.2) is 18.2 Å². The van der Waals surface area contributed by atoms with E-state index in [1.165, 1.54) is 25.3 Å². The highest BCUT2D eigenvalue weighted by molar-refractivity contribution is 5.94. The van der Waals surface area contributed by atoms with Crippen LogP contribution < -0.4 is 0 Å². The van der Waals surface area contributed by atoms with E-state index in [1.807, 2.05) is 6.92 Å². The Morgan fingerprint density at radius 3 is 2.33 bits per heavy atom. The van der Waals surface area contributed by atoms with Gasteiger partial charge in [0.15, 0.2) is 0 Å². The van der Waals surface area contributed by atoms with Crippen LogP contribution in [0.25, 0.3) is 0 Å². The van der Waals surface area contributed by atoms with E-state index >= 15 is 0 Å². The molecule has 1 fully saturated rings. The van der Waals surface area contributed by atoms with Crippen LogP contribution in [-0.2, 0) is 0 Å². The van der Waals surface area contributed by atoms with Crippen LogP contribution in [0.3, 0.4) is 0 Å². The highest BCUT2D eigenvalue weighted by atomic mass is 19.1. The number of hydrogen-bond acceptors (Lipinski definition) is 1. The number of halogens is 1. The van der Waals surface area contributed by atoms with Crippen molar-refractivity contribution in [2.24, 2.45) is 0 Å². The van der Waals surface area contributed by atoms with Gasteiger partial charge in [-0.05, 0) is 37.5 Å². The molecule has 0 aliphatic carbocycles. The molecule has 18 heavy (non-hydrogen) atoms. The number of benzene rings is 1. The van der Waals surface area contributed by atoms with Crippen molar-refractivity contribution < 1.29 is 9.18 Å². The second kappa shape index (κ2) is 5.98. The Balaban J connectivity index is 2.13. The minimum atomic E-state index is -0.401. The number of carbonyl (C=O) groups excluding carboxylic acids is 1. The lowest BCUT2D eigenvalue weighted by atomic mass is 10.1. The minimum Gasteiger partial charge on any atom is -0.339 e. The Labute approximate surface area is 108 Å². The summed E-state index contributed by atoms with van der Waals surface area (Å²) in [5.41, 5.74) is 1.05. The summed E-state index contributed by atoms with van der Waals surface area (Å²) in [7, 11) is 0. The van der Waals surface area contributed by atoms with Gasteiger partial charge < -0.3 is 4.90 Å². The number of likely N-dealkylation sites (tertiary alicyclic amines) is 1. The summed E-state index contributed by atoms with van der Waals surface area (Å²) in [4.78, 5) is 14.1. The van der Waals surface area contributed by atoms with Crippen LogP contribution in [0, 0.1) is 12.7 Å². The molecule has 2 rings (SSSR count). The fraction of sp³-hybridized carbons (Fsp3) is 0.533. The quantitative estimate of drug-likeness (QED) is 0.745. The van der Waals surface area contributed by atoms with Crippen molar-refractivity contribution in [2.75, 3.05) is 13.1 Å². The molecule has 1 aromatic rings. The van der Waals surface area contributed by atoms with E-state index in [0.717, 1.165) is 31.5 Å². The van der Waals surface area contributed by atoms with Crippen molar-refractivity contribution in [1.29, 1.82) is 0 Å². The molecule has 0 saturated carbocycles. The third-order valence-corrected chi connectivity index (χ3v) is 3.50. The first-order valence-corrected chi connectivity index (χ1v) is 6.74. The fourth-order valence-electron chi connectivity index (χ4n) is 2.41. The standard InChI is InChI=1S/C15H20FNO/c1-12-7-8-13(14(16)11-12)15(18)17-9-5-3-2-4-6-10-17/h7-8,11H,2-6,9-10H2,1H3. The molecule has 2 nitrogen and oxygen atoms in total. The van der Waals surface area contributed by atoms with Gasteiger partial charge in [-0.15, -0.1) is 0 Å². The maximum absolute atomic E-state index is 13.8. The molecule has 0 aromatic heterocycles. The molecule has 1 saturated heterocycles. The summed E-state index contributed by atoms with van der Waals surface area (Å²) in [6, 6.07) is 4.82. The Bertz CT molecular complexity index is 423. The smallest absolute Gasteiger partial charge is 0.256 e. The molecule has 3 heteroatoms. The Morgan fingerprint density at radius 2 is 1.72 bits per heavy atom. The van der Waals surface area contributed by atoms with Crippen molar-refractivity contribution in [1.82, 2.24) is 4.90 Å². The third-order valence-electron chi connectivity index (χ3n) is 3.50. The lowest BCUT2D eigenvalue weighted by molar-refractivity contribution is 0.0737. The van der Waals surface area contributed by atoms with Crippen LogP contribution in [0.2, 0.25) is 0 Å². The normalized spacial score (nSPS) is 17.1. The summed E-state index contributed by atoms with van der Waals surface area (Å²) >= 11 is 0. The van der Waals surface area contributed by atoms with Gasteiger partial charge in [0, 0.05) is 13.1 Å². The second-order valence-electron chi connectivity index (χ2n) is 5.04. The van der Waals surface area contributed by atoms with Gasteiger partial charge in [-0.3, -0.25) is 4.79 Å². The molecule has 98 valence electrons. The van der Waals surface area contributed by atoms with Crippen molar-refractivity contribution in [2.45, 2.75) is 39.0 Å².